The van der Waals surface area contributed by atoms with E-state index in [9.17, 15) is 9.18 Å². The second kappa shape index (κ2) is 7.37. The molecule has 2 aromatic rings. The van der Waals surface area contributed by atoms with Crippen molar-refractivity contribution in [1.82, 2.24) is 4.98 Å². The first-order valence-electron chi connectivity index (χ1n) is 5.98. The fourth-order valence-corrected chi connectivity index (χ4v) is 2.79. The number of hydrogen-bond acceptors (Lipinski definition) is 5. The van der Waals surface area contributed by atoms with Crippen molar-refractivity contribution < 1.29 is 9.18 Å². The van der Waals surface area contributed by atoms with E-state index in [1.807, 2.05) is 5.38 Å². The van der Waals surface area contributed by atoms with Gasteiger partial charge in [-0.15, -0.1) is 11.3 Å². The van der Waals surface area contributed by atoms with Crippen LogP contribution in [-0.2, 0) is 4.79 Å². The lowest BCUT2D eigenvalue weighted by atomic mass is 10.2. The summed E-state index contributed by atoms with van der Waals surface area (Å²) in [6.45, 7) is 0.559. The number of hydrogen-bond donors (Lipinski definition) is 2. The third-order valence-electron chi connectivity index (χ3n) is 2.39. The molecule has 0 spiro atoms. The van der Waals surface area contributed by atoms with Crippen LogP contribution in [-0.4, -0.2) is 28.9 Å². The molecule has 0 saturated carbocycles. The molecule has 20 heavy (non-hydrogen) atoms. The summed E-state index contributed by atoms with van der Waals surface area (Å²) in [6.07, 6.45) is 0. The number of amides is 1. The molecule has 106 valence electrons. The van der Waals surface area contributed by atoms with E-state index in [1.165, 1.54) is 35.2 Å². The van der Waals surface area contributed by atoms with Gasteiger partial charge in [-0.3, -0.25) is 4.79 Å². The minimum Gasteiger partial charge on any atom is -0.330 e. The minimum absolute atomic E-state index is 0.0940. The number of thioether (sulfide) groups is 1. The largest absolute Gasteiger partial charge is 0.330 e. The zero-order valence-corrected chi connectivity index (χ0v) is 12.3. The Morgan fingerprint density at radius 1 is 1.40 bits per heavy atom. The summed E-state index contributed by atoms with van der Waals surface area (Å²) < 4.78 is 12.8. The Balaban J connectivity index is 1.95. The molecule has 0 atom stereocenters. The van der Waals surface area contributed by atoms with Gasteiger partial charge in [-0.05, 0) is 24.3 Å². The maximum Gasteiger partial charge on any atom is 0.236 e. The molecule has 0 aliphatic rings. The Morgan fingerprint density at radius 2 is 2.15 bits per heavy atom. The molecule has 1 amide bonds. The summed E-state index contributed by atoms with van der Waals surface area (Å²) in [5.74, 6) is 0.743. The van der Waals surface area contributed by atoms with E-state index in [4.69, 9.17) is 5.73 Å². The fraction of sp³-hybridized carbons (Fsp3) is 0.231. The van der Waals surface area contributed by atoms with Gasteiger partial charge in [-0.2, -0.15) is 11.8 Å². The highest BCUT2D eigenvalue weighted by Gasteiger charge is 2.08. The Bertz CT molecular complexity index is 571. The van der Waals surface area contributed by atoms with Crippen LogP contribution in [0.3, 0.4) is 0 Å². The van der Waals surface area contributed by atoms with Crippen molar-refractivity contribution in [3.05, 3.63) is 35.5 Å². The molecule has 1 heterocycles. The number of carbonyl (C=O) groups is 1. The molecule has 0 aliphatic carbocycles. The van der Waals surface area contributed by atoms with Crippen LogP contribution in [0.4, 0.5) is 9.52 Å². The number of benzene rings is 1. The van der Waals surface area contributed by atoms with Crippen LogP contribution >= 0.6 is 23.1 Å². The van der Waals surface area contributed by atoms with E-state index in [0.29, 0.717) is 17.4 Å². The summed E-state index contributed by atoms with van der Waals surface area (Å²) >= 11 is 2.83. The van der Waals surface area contributed by atoms with Gasteiger partial charge in [-0.1, -0.05) is 0 Å². The van der Waals surface area contributed by atoms with Crippen molar-refractivity contribution in [2.24, 2.45) is 5.73 Å². The van der Waals surface area contributed by atoms with Crippen LogP contribution in [0.2, 0.25) is 0 Å². The SMILES string of the molecule is NCCSCC(=O)Nc1nc(-c2ccc(F)cc2)cs1. The highest BCUT2D eigenvalue weighted by Crippen LogP contribution is 2.25. The molecule has 3 N–H and O–H groups in total. The predicted molar refractivity (Wildman–Crippen MR) is 82.5 cm³/mol. The van der Waals surface area contributed by atoms with Crippen molar-refractivity contribution in [2.75, 3.05) is 23.4 Å². The number of aromatic nitrogens is 1. The first-order valence-corrected chi connectivity index (χ1v) is 8.01. The maximum absolute atomic E-state index is 12.8. The molecule has 0 bridgehead atoms. The zero-order valence-electron chi connectivity index (χ0n) is 10.6. The van der Waals surface area contributed by atoms with Crippen LogP contribution in [0.25, 0.3) is 11.3 Å². The fourth-order valence-electron chi connectivity index (χ4n) is 1.49. The second-order valence-electron chi connectivity index (χ2n) is 3.93. The number of carbonyl (C=O) groups excluding carboxylic acids is 1. The Kier molecular flexibility index (Phi) is 5.51. The quantitative estimate of drug-likeness (QED) is 0.805. The van der Waals surface area contributed by atoms with E-state index in [2.05, 4.69) is 10.3 Å². The van der Waals surface area contributed by atoms with Crippen LogP contribution in [0, 0.1) is 5.82 Å². The van der Waals surface area contributed by atoms with Crippen molar-refractivity contribution in [1.29, 1.82) is 0 Å². The van der Waals surface area contributed by atoms with Gasteiger partial charge < -0.3 is 11.1 Å². The monoisotopic (exact) mass is 311 g/mol. The van der Waals surface area contributed by atoms with Crippen molar-refractivity contribution in [2.45, 2.75) is 0 Å². The number of nitrogens with zero attached hydrogens (tertiary/aromatic N) is 1. The first-order chi connectivity index (χ1) is 9.69. The maximum atomic E-state index is 12.8. The number of halogens is 1. The third-order valence-corrected chi connectivity index (χ3v) is 4.13. The predicted octanol–water partition coefficient (Wildman–Crippen LogP) is 2.58. The summed E-state index contributed by atoms with van der Waals surface area (Å²) in [5, 5.41) is 5.11. The van der Waals surface area contributed by atoms with Gasteiger partial charge in [0.1, 0.15) is 5.82 Å². The second-order valence-corrected chi connectivity index (χ2v) is 5.90. The third kappa shape index (κ3) is 4.29. The van der Waals surface area contributed by atoms with Crippen LogP contribution in [0.15, 0.2) is 29.6 Å². The van der Waals surface area contributed by atoms with Crippen molar-refractivity contribution in [3.8, 4) is 11.3 Å². The topological polar surface area (TPSA) is 68.0 Å². The summed E-state index contributed by atoms with van der Waals surface area (Å²) in [6, 6.07) is 6.09. The van der Waals surface area contributed by atoms with E-state index in [1.54, 1.807) is 12.1 Å². The molecular weight excluding hydrogens is 297 g/mol. The number of anilines is 1. The first kappa shape index (κ1) is 15.0. The molecule has 0 fully saturated rings. The summed E-state index contributed by atoms with van der Waals surface area (Å²) in [7, 11) is 0. The lowest BCUT2D eigenvalue weighted by Gasteiger charge is -2.00. The smallest absolute Gasteiger partial charge is 0.236 e. The van der Waals surface area contributed by atoms with Gasteiger partial charge in [0.05, 0.1) is 11.4 Å². The summed E-state index contributed by atoms with van der Waals surface area (Å²) in [4.78, 5) is 15.9. The van der Waals surface area contributed by atoms with Gasteiger partial charge in [-0.25, -0.2) is 9.37 Å². The van der Waals surface area contributed by atoms with Crippen molar-refractivity contribution in [3.63, 3.8) is 0 Å². The van der Waals surface area contributed by atoms with Crippen LogP contribution in [0.1, 0.15) is 0 Å². The van der Waals surface area contributed by atoms with E-state index >= 15 is 0 Å². The molecule has 0 unspecified atom stereocenters. The van der Waals surface area contributed by atoms with Crippen LogP contribution < -0.4 is 11.1 Å². The number of nitrogens with two attached hydrogens (primary N) is 1. The standard InChI is InChI=1S/C13H14FN3OS2/c14-10-3-1-9(2-4-10)11-7-20-13(16-11)17-12(18)8-19-6-5-15/h1-4,7H,5-6,8,15H2,(H,16,17,18). The van der Waals surface area contributed by atoms with E-state index < -0.39 is 0 Å². The summed E-state index contributed by atoms with van der Waals surface area (Å²) in [5.41, 5.74) is 6.90. The average Bonchev–Trinajstić information content (AvgIpc) is 2.88. The van der Waals surface area contributed by atoms with Crippen molar-refractivity contribution >= 4 is 34.1 Å². The number of rotatable bonds is 6. The molecule has 1 aromatic heterocycles. The number of thiazole rings is 1. The van der Waals surface area contributed by atoms with Crippen LogP contribution in [0.5, 0.6) is 0 Å². The molecule has 7 heteroatoms. The van der Waals surface area contributed by atoms with E-state index in [-0.39, 0.29) is 11.7 Å². The zero-order chi connectivity index (χ0) is 14.4. The Morgan fingerprint density at radius 3 is 2.85 bits per heavy atom. The molecular formula is C13H14FN3OS2. The molecule has 2 rings (SSSR count). The molecule has 1 aromatic carbocycles. The molecule has 0 radical (unpaired) electrons. The molecule has 0 aliphatic heterocycles. The van der Waals surface area contributed by atoms with E-state index in [0.717, 1.165) is 17.0 Å². The lowest BCUT2D eigenvalue weighted by Crippen LogP contribution is -2.15. The van der Waals surface area contributed by atoms with Gasteiger partial charge in [0.2, 0.25) is 5.91 Å². The molecule has 4 nitrogen and oxygen atoms in total. The minimum atomic E-state index is -0.283. The Hall–Kier alpha value is -1.44. The van der Waals surface area contributed by atoms with Gasteiger partial charge in [0.25, 0.3) is 0 Å². The highest BCUT2D eigenvalue weighted by atomic mass is 32.2. The lowest BCUT2D eigenvalue weighted by molar-refractivity contribution is -0.113. The van der Waals surface area contributed by atoms with Gasteiger partial charge in [0.15, 0.2) is 5.13 Å². The Labute approximate surface area is 124 Å². The molecule has 0 saturated heterocycles. The van der Waals surface area contributed by atoms with Gasteiger partial charge in [0, 0.05) is 23.2 Å². The number of nitrogens with one attached hydrogen (secondary N) is 1. The van der Waals surface area contributed by atoms with Gasteiger partial charge >= 0.3 is 0 Å². The average molecular weight is 311 g/mol. The normalized spacial score (nSPS) is 10.5. The highest BCUT2D eigenvalue weighted by molar-refractivity contribution is 7.99.